The lowest BCUT2D eigenvalue weighted by Crippen LogP contribution is -2.48. The van der Waals surface area contributed by atoms with E-state index in [0.717, 1.165) is 16.3 Å². The number of nitrogens with zero attached hydrogens (tertiary/aromatic N) is 3. The van der Waals surface area contributed by atoms with E-state index >= 15 is 0 Å². The molecule has 1 aromatic heterocycles. The zero-order chi connectivity index (χ0) is 23.4. The van der Waals surface area contributed by atoms with Gasteiger partial charge in [0, 0.05) is 48.7 Å². The van der Waals surface area contributed by atoms with E-state index in [9.17, 15) is 8.42 Å². The Morgan fingerprint density at radius 2 is 1.79 bits per heavy atom. The highest BCUT2D eigenvalue weighted by molar-refractivity contribution is 7.89. The molecule has 2 heterocycles. The summed E-state index contributed by atoms with van der Waals surface area (Å²) in [5, 5.41) is 3.48. The minimum Gasteiger partial charge on any atom is -0.493 e. The summed E-state index contributed by atoms with van der Waals surface area (Å²) in [5.41, 5.74) is 1.95. The number of ether oxygens (including phenoxy) is 2. The normalized spacial score (nSPS) is 15.5. The molecule has 0 N–H and O–H groups in total. The molecule has 0 amide bonds. The highest BCUT2D eigenvalue weighted by Gasteiger charge is 2.28. The van der Waals surface area contributed by atoms with E-state index in [0.29, 0.717) is 55.9 Å². The van der Waals surface area contributed by atoms with Crippen molar-refractivity contribution in [2.45, 2.75) is 18.4 Å². The lowest BCUT2D eigenvalue weighted by molar-refractivity contribution is 0.180. The van der Waals surface area contributed by atoms with Gasteiger partial charge in [0.2, 0.25) is 10.0 Å². The third-order valence-electron chi connectivity index (χ3n) is 5.43. The van der Waals surface area contributed by atoms with Gasteiger partial charge in [0.25, 0.3) is 0 Å². The quantitative estimate of drug-likeness (QED) is 0.450. The predicted molar refractivity (Wildman–Crippen MR) is 131 cm³/mol. The minimum absolute atomic E-state index is 0.273. The van der Waals surface area contributed by atoms with Gasteiger partial charge in [-0.25, -0.2) is 13.4 Å². The van der Waals surface area contributed by atoms with E-state index in [-0.39, 0.29) is 4.90 Å². The molecule has 2 aromatic carbocycles. The Kier molecular flexibility index (Phi) is 7.55. The largest absolute Gasteiger partial charge is 0.493 e. The minimum atomic E-state index is -3.51. The predicted octanol–water partition coefficient (Wildman–Crippen LogP) is 4.38. The van der Waals surface area contributed by atoms with E-state index in [1.165, 1.54) is 4.31 Å². The lowest BCUT2D eigenvalue weighted by Gasteiger charge is -2.33. The molecular weight excluding hydrogens is 482 g/mol. The first-order valence-corrected chi connectivity index (χ1v) is 13.3. The monoisotopic (exact) mass is 507 g/mol. The van der Waals surface area contributed by atoms with Crippen LogP contribution in [0.2, 0.25) is 5.02 Å². The standard InChI is InChI=1S/C23H26ClN3O4S2/c1-3-31-21-9-4-17(14-22(21)30-2)23-25-19(16-32-23)15-26-10-12-27(13-11-26)33(28,29)20-7-5-18(24)6-8-20/h4-9,14,16H,3,10-13,15H2,1-2H3. The number of benzene rings is 2. The summed E-state index contributed by atoms with van der Waals surface area (Å²) in [6.45, 7) is 5.38. The summed E-state index contributed by atoms with van der Waals surface area (Å²) in [6, 6.07) is 12.1. The van der Waals surface area contributed by atoms with Gasteiger partial charge in [-0.1, -0.05) is 11.6 Å². The van der Waals surface area contributed by atoms with Crippen LogP contribution in [0.25, 0.3) is 10.6 Å². The van der Waals surface area contributed by atoms with Crippen LogP contribution in [0.4, 0.5) is 0 Å². The molecule has 33 heavy (non-hydrogen) atoms. The van der Waals surface area contributed by atoms with Gasteiger partial charge in [-0.15, -0.1) is 11.3 Å². The number of sulfonamides is 1. The van der Waals surface area contributed by atoms with E-state index in [1.807, 2.05) is 25.1 Å². The maximum absolute atomic E-state index is 12.9. The van der Waals surface area contributed by atoms with Crippen molar-refractivity contribution in [1.29, 1.82) is 0 Å². The summed E-state index contributed by atoms with van der Waals surface area (Å²) in [4.78, 5) is 7.29. The van der Waals surface area contributed by atoms with Crippen LogP contribution in [-0.4, -0.2) is 62.5 Å². The van der Waals surface area contributed by atoms with Gasteiger partial charge in [-0.2, -0.15) is 4.31 Å². The number of hydrogen-bond acceptors (Lipinski definition) is 7. The molecule has 176 valence electrons. The fourth-order valence-electron chi connectivity index (χ4n) is 3.70. The van der Waals surface area contributed by atoms with Crippen molar-refractivity contribution < 1.29 is 17.9 Å². The first kappa shape index (κ1) is 24.0. The van der Waals surface area contributed by atoms with Crippen molar-refractivity contribution in [3.05, 3.63) is 58.6 Å². The Bertz CT molecular complexity index is 1190. The van der Waals surface area contributed by atoms with E-state index in [2.05, 4.69) is 10.3 Å². The summed E-state index contributed by atoms with van der Waals surface area (Å²) in [6.07, 6.45) is 0. The van der Waals surface area contributed by atoms with Gasteiger partial charge < -0.3 is 9.47 Å². The van der Waals surface area contributed by atoms with Gasteiger partial charge in [0.05, 0.1) is 24.3 Å². The first-order chi connectivity index (χ1) is 15.9. The number of halogens is 1. The van der Waals surface area contributed by atoms with Crippen LogP contribution < -0.4 is 9.47 Å². The number of rotatable bonds is 8. The topological polar surface area (TPSA) is 72.0 Å². The Hall–Kier alpha value is -2.17. The summed E-state index contributed by atoms with van der Waals surface area (Å²) in [5.74, 6) is 1.40. The Morgan fingerprint density at radius 3 is 2.45 bits per heavy atom. The Balaban J connectivity index is 1.38. The highest BCUT2D eigenvalue weighted by atomic mass is 35.5. The average Bonchev–Trinajstić information content (AvgIpc) is 3.28. The lowest BCUT2D eigenvalue weighted by atomic mass is 10.2. The van der Waals surface area contributed by atoms with Gasteiger partial charge >= 0.3 is 0 Å². The molecule has 1 aliphatic rings. The highest BCUT2D eigenvalue weighted by Crippen LogP contribution is 2.34. The maximum atomic E-state index is 12.9. The SMILES string of the molecule is CCOc1ccc(-c2nc(CN3CCN(S(=O)(=O)c4ccc(Cl)cc4)CC3)cs2)cc1OC. The van der Waals surface area contributed by atoms with Crippen LogP contribution in [0, 0.1) is 0 Å². The number of piperazine rings is 1. The zero-order valence-corrected chi connectivity index (χ0v) is 20.9. The van der Waals surface area contributed by atoms with Crippen molar-refractivity contribution in [2.75, 3.05) is 39.9 Å². The maximum Gasteiger partial charge on any atom is 0.243 e. The molecule has 1 aliphatic heterocycles. The summed E-state index contributed by atoms with van der Waals surface area (Å²) < 4.78 is 38.3. The van der Waals surface area contributed by atoms with Gasteiger partial charge in [-0.05, 0) is 49.4 Å². The van der Waals surface area contributed by atoms with E-state index < -0.39 is 10.0 Å². The molecule has 7 nitrogen and oxygen atoms in total. The van der Waals surface area contributed by atoms with E-state index in [4.69, 9.17) is 26.1 Å². The molecule has 4 rings (SSSR count). The van der Waals surface area contributed by atoms with Crippen molar-refractivity contribution in [2.24, 2.45) is 0 Å². The molecule has 3 aromatic rings. The van der Waals surface area contributed by atoms with Gasteiger partial charge in [0.15, 0.2) is 11.5 Å². The molecule has 0 aliphatic carbocycles. The second kappa shape index (κ2) is 10.4. The van der Waals surface area contributed by atoms with Crippen molar-refractivity contribution in [3.8, 4) is 22.1 Å². The Morgan fingerprint density at radius 1 is 1.06 bits per heavy atom. The third-order valence-corrected chi connectivity index (χ3v) is 8.54. The fourth-order valence-corrected chi connectivity index (χ4v) is 6.06. The smallest absolute Gasteiger partial charge is 0.243 e. The van der Waals surface area contributed by atoms with Crippen LogP contribution in [0.1, 0.15) is 12.6 Å². The number of methoxy groups -OCH3 is 1. The van der Waals surface area contributed by atoms with Crippen LogP contribution >= 0.6 is 22.9 Å². The van der Waals surface area contributed by atoms with Gasteiger partial charge in [-0.3, -0.25) is 4.90 Å². The van der Waals surface area contributed by atoms with Crippen LogP contribution in [0.5, 0.6) is 11.5 Å². The molecule has 1 saturated heterocycles. The van der Waals surface area contributed by atoms with Crippen molar-refractivity contribution >= 4 is 33.0 Å². The van der Waals surface area contributed by atoms with E-state index in [1.54, 1.807) is 42.7 Å². The number of hydrogen-bond donors (Lipinski definition) is 0. The van der Waals surface area contributed by atoms with Crippen molar-refractivity contribution in [1.82, 2.24) is 14.2 Å². The van der Waals surface area contributed by atoms with Gasteiger partial charge in [0.1, 0.15) is 5.01 Å². The second-order valence-electron chi connectivity index (χ2n) is 7.58. The molecular formula is C23H26ClN3O4S2. The molecule has 0 bridgehead atoms. The molecule has 10 heteroatoms. The molecule has 0 spiro atoms. The van der Waals surface area contributed by atoms with Crippen LogP contribution in [-0.2, 0) is 16.6 Å². The first-order valence-electron chi connectivity index (χ1n) is 10.6. The fraction of sp³-hybridized carbons (Fsp3) is 0.348. The van der Waals surface area contributed by atoms with Crippen molar-refractivity contribution in [3.63, 3.8) is 0 Å². The summed E-state index contributed by atoms with van der Waals surface area (Å²) >= 11 is 7.47. The summed E-state index contributed by atoms with van der Waals surface area (Å²) in [7, 11) is -1.88. The van der Waals surface area contributed by atoms with Crippen LogP contribution in [0.15, 0.2) is 52.7 Å². The van der Waals surface area contributed by atoms with Crippen LogP contribution in [0.3, 0.4) is 0 Å². The zero-order valence-electron chi connectivity index (χ0n) is 18.5. The molecule has 0 saturated carbocycles. The Labute approximate surface area is 203 Å². The molecule has 0 radical (unpaired) electrons. The second-order valence-corrected chi connectivity index (χ2v) is 10.8. The number of aromatic nitrogens is 1. The average molecular weight is 508 g/mol. The molecule has 0 unspecified atom stereocenters. The molecule has 1 fully saturated rings. The number of thiazole rings is 1. The third kappa shape index (κ3) is 5.50. The molecule has 0 atom stereocenters.